The Morgan fingerprint density at radius 2 is 1.81 bits per heavy atom. The first kappa shape index (κ1) is 18.2. The highest BCUT2D eigenvalue weighted by Gasteiger charge is 2.21. The predicted octanol–water partition coefficient (Wildman–Crippen LogP) is 1.70. The van der Waals surface area contributed by atoms with E-state index in [4.69, 9.17) is 0 Å². The molecule has 0 aromatic carbocycles. The zero-order valence-electron chi connectivity index (χ0n) is 15.8. The van der Waals surface area contributed by atoms with Crippen molar-refractivity contribution < 1.29 is 0 Å². The predicted molar refractivity (Wildman–Crippen MR) is 105 cm³/mol. The van der Waals surface area contributed by atoms with Crippen LogP contribution in [0.4, 0.5) is 0 Å². The average molecular weight is 368 g/mol. The quantitative estimate of drug-likeness (QED) is 0.806. The molecule has 6 nitrogen and oxygen atoms in total. The van der Waals surface area contributed by atoms with Crippen molar-refractivity contribution in [2.24, 2.45) is 5.92 Å². The number of rotatable bonds is 5. The van der Waals surface area contributed by atoms with Crippen LogP contribution in [0.25, 0.3) is 0 Å². The average Bonchev–Trinajstić information content (AvgIpc) is 2.69. The third-order valence-corrected chi connectivity index (χ3v) is 5.97. The number of likely N-dealkylation sites (tertiary alicyclic amines) is 1. The van der Waals surface area contributed by atoms with Crippen LogP contribution in [-0.2, 0) is 25.9 Å². The van der Waals surface area contributed by atoms with E-state index in [1.54, 1.807) is 21.4 Å². The highest BCUT2D eigenvalue weighted by molar-refractivity contribution is 5.20. The molecule has 2 aromatic heterocycles. The Hall–Kier alpha value is -2.21. The van der Waals surface area contributed by atoms with E-state index in [0.717, 1.165) is 69.7 Å². The van der Waals surface area contributed by atoms with Gasteiger partial charge < -0.3 is 9.47 Å². The van der Waals surface area contributed by atoms with Crippen molar-refractivity contribution in [3.8, 4) is 0 Å². The van der Waals surface area contributed by atoms with Crippen molar-refractivity contribution >= 4 is 0 Å². The first-order valence-electron chi connectivity index (χ1n) is 10.2. The molecule has 1 aliphatic carbocycles. The van der Waals surface area contributed by atoms with E-state index in [0.29, 0.717) is 5.92 Å². The number of hydrogen-bond donors (Lipinski definition) is 0. The maximum Gasteiger partial charge on any atom is 0.267 e. The van der Waals surface area contributed by atoms with Crippen LogP contribution >= 0.6 is 0 Å². The third kappa shape index (κ3) is 4.38. The van der Waals surface area contributed by atoms with Gasteiger partial charge in [-0.1, -0.05) is 6.07 Å². The van der Waals surface area contributed by atoms with Crippen LogP contribution in [-0.4, -0.2) is 38.9 Å². The summed E-state index contributed by atoms with van der Waals surface area (Å²) in [6, 6.07) is 7.10. The van der Waals surface area contributed by atoms with Crippen molar-refractivity contribution in [2.75, 3.05) is 19.6 Å². The molecule has 0 unspecified atom stereocenters. The number of pyridine rings is 1. The molecular weight excluding hydrogens is 340 g/mol. The summed E-state index contributed by atoms with van der Waals surface area (Å²) in [7, 11) is 0. The van der Waals surface area contributed by atoms with Gasteiger partial charge in [-0.15, -0.1) is 0 Å². The minimum atomic E-state index is 0.0570. The molecule has 1 fully saturated rings. The molecule has 0 saturated carbocycles. The van der Waals surface area contributed by atoms with Crippen molar-refractivity contribution in [2.45, 2.75) is 51.6 Å². The van der Waals surface area contributed by atoms with E-state index in [1.165, 1.54) is 12.8 Å². The first-order valence-corrected chi connectivity index (χ1v) is 10.2. The molecule has 1 aliphatic heterocycles. The number of hydrogen-bond acceptors (Lipinski definition) is 4. The molecule has 144 valence electrons. The Morgan fingerprint density at radius 3 is 2.63 bits per heavy atom. The van der Waals surface area contributed by atoms with E-state index >= 15 is 0 Å². The van der Waals surface area contributed by atoms with Gasteiger partial charge in [0.2, 0.25) is 0 Å². The normalized spacial score (nSPS) is 18.4. The van der Waals surface area contributed by atoms with Crippen LogP contribution in [0.3, 0.4) is 0 Å². The van der Waals surface area contributed by atoms with Gasteiger partial charge in [-0.3, -0.25) is 9.59 Å². The maximum absolute atomic E-state index is 12.4. The first-order chi connectivity index (χ1) is 13.2. The van der Waals surface area contributed by atoms with Crippen LogP contribution in [0.15, 0.2) is 40.1 Å². The Balaban J connectivity index is 1.30. The molecule has 27 heavy (non-hydrogen) atoms. The standard InChI is InChI=1S/C21H28N4O2/c26-20-7-3-4-10-24(20)14-13-23-11-8-17(9-12-23)16-25-21(27)15-18-5-1-2-6-19(18)22-25/h3-4,7,10,15,17H,1-2,5-6,8-9,11-14,16H2. The van der Waals surface area contributed by atoms with Crippen LogP contribution in [0, 0.1) is 5.92 Å². The van der Waals surface area contributed by atoms with Gasteiger partial charge >= 0.3 is 0 Å². The van der Waals surface area contributed by atoms with Crippen LogP contribution in [0.5, 0.6) is 0 Å². The Bertz CT molecular complexity index is 894. The fourth-order valence-corrected chi connectivity index (χ4v) is 4.26. The molecule has 0 N–H and O–H groups in total. The SMILES string of the molecule is O=c1ccccn1CCN1CCC(Cn2nc3c(cc2=O)CCCC3)CC1. The van der Waals surface area contributed by atoms with Gasteiger partial charge in [0.05, 0.1) is 5.69 Å². The summed E-state index contributed by atoms with van der Waals surface area (Å²) in [4.78, 5) is 26.6. The fourth-order valence-electron chi connectivity index (χ4n) is 4.26. The summed E-state index contributed by atoms with van der Waals surface area (Å²) in [6.07, 6.45) is 8.37. The zero-order valence-corrected chi connectivity index (χ0v) is 15.8. The van der Waals surface area contributed by atoms with Gasteiger partial charge in [-0.25, -0.2) is 4.68 Å². The smallest absolute Gasteiger partial charge is 0.267 e. The van der Waals surface area contributed by atoms with Crippen molar-refractivity contribution in [3.05, 3.63) is 62.4 Å². The Morgan fingerprint density at radius 1 is 1.00 bits per heavy atom. The molecule has 1 saturated heterocycles. The van der Waals surface area contributed by atoms with E-state index in [9.17, 15) is 9.59 Å². The molecule has 2 aliphatic rings. The second-order valence-corrected chi connectivity index (χ2v) is 7.86. The largest absolute Gasteiger partial charge is 0.314 e. The van der Waals surface area contributed by atoms with Gasteiger partial charge in [0.1, 0.15) is 0 Å². The second-order valence-electron chi connectivity index (χ2n) is 7.86. The minimum absolute atomic E-state index is 0.0570. The number of nitrogens with zero attached hydrogens (tertiary/aromatic N) is 4. The van der Waals surface area contributed by atoms with Crippen molar-refractivity contribution in [3.63, 3.8) is 0 Å². The van der Waals surface area contributed by atoms with Gasteiger partial charge in [-0.05, 0) is 69.2 Å². The highest BCUT2D eigenvalue weighted by atomic mass is 16.1. The minimum Gasteiger partial charge on any atom is -0.314 e. The zero-order chi connectivity index (χ0) is 18.6. The van der Waals surface area contributed by atoms with Crippen molar-refractivity contribution in [1.29, 1.82) is 0 Å². The van der Waals surface area contributed by atoms with Crippen LogP contribution < -0.4 is 11.1 Å². The summed E-state index contributed by atoms with van der Waals surface area (Å²) >= 11 is 0. The molecule has 0 amide bonds. The summed E-state index contributed by atoms with van der Waals surface area (Å²) in [6.45, 7) is 4.40. The maximum atomic E-state index is 12.4. The van der Waals surface area contributed by atoms with Gasteiger partial charge in [0.25, 0.3) is 11.1 Å². The molecule has 0 bridgehead atoms. The highest BCUT2D eigenvalue weighted by Crippen LogP contribution is 2.20. The monoisotopic (exact) mass is 368 g/mol. The van der Waals surface area contributed by atoms with E-state index in [1.807, 2.05) is 18.3 Å². The van der Waals surface area contributed by atoms with Crippen LogP contribution in [0.2, 0.25) is 0 Å². The van der Waals surface area contributed by atoms with Gasteiger partial charge in [0, 0.05) is 38.0 Å². The molecule has 2 aromatic rings. The number of piperidine rings is 1. The fraction of sp³-hybridized carbons (Fsp3) is 0.571. The second kappa shape index (κ2) is 8.21. The summed E-state index contributed by atoms with van der Waals surface area (Å²) in [5, 5.41) is 4.66. The molecular formula is C21H28N4O2. The molecule has 6 heteroatoms. The molecule has 4 rings (SSSR count). The third-order valence-electron chi connectivity index (χ3n) is 5.97. The lowest BCUT2D eigenvalue weighted by atomic mass is 9.96. The lowest BCUT2D eigenvalue weighted by Gasteiger charge is -2.32. The van der Waals surface area contributed by atoms with Gasteiger partial charge in [0.15, 0.2) is 0 Å². The summed E-state index contributed by atoms with van der Waals surface area (Å²) in [5.41, 5.74) is 2.41. The topological polar surface area (TPSA) is 60.1 Å². The molecule has 3 heterocycles. The lowest BCUT2D eigenvalue weighted by Crippen LogP contribution is -2.39. The molecule has 0 spiro atoms. The Kier molecular flexibility index (Phi) is 5.53. The molecule has 0 radical (unpaired) electrons. The van der Waals surface area contributed by atoms with E-state index in [-0.39, 0.29) is 11.1 Å². The van der Waals surface area contributed by atoms with Gasteiger partial charge in [-0.2, -0.15) is 5.10 Å². The summed E-state index contributed by atoms with van der Waals surface area (Å²) in [5.74, 6) is 0.507. The molecule has 0 atom stereocenters. The Labute approximate surface area is 159 Å². The summed E-state index contributed by atoms with van der Waals surface area (Å²) < 4.78 is 3.47. The van der Waals surface area contributed by atoms with Crippen molar-refractivity contribution in [1.82, 2.24) is 19.2 Å². The van der Waals surface area contributed by atoms with E-state index in [2.05, 4.69) is 10.00 Å². The number of aryl methyl sites for hydroxylation is 2. The van der Waals surface area contributed by atoms with E-state index < -0.39 is 0 Å². The lowest BCUT2D eigenvalue weighted by molar-refractivity contribution is 0.164. The number of aromatic nitrogens is 3. The number of fused-ring (bicyclic) bond motifs is 1. The van der Waals surface area contributed by atoms with Crippen LogP contribution in [0.1, 0.15) is 36.9 Å².